The zero-order valence-corrected chi connectivity index (χ0v) is 19.4. The Hall–Kier alpha value is -2.62. The number of sulfonamides is 1. The number of anilines is 1. The van der Waals surface area contributed by atoms with Crippen LogP contribution in [0, 0.1) is 12.8 Å². The molecule has 0 spiro atoms. The van der Waals surface area contributed by atoms with Crippen LogP contribution in [-0.2, 0) is 21.2 Å². The van der Waals surface area contributed by atoms with E-state index in [4.69, 9.17) is 0 Å². The zero-order valence-electron chi connectivity index (χ0n) is 17.8. The van der Waals surface area contributed by atoms with Crippen molar-refractivity contribution in [3.05, 3.63) is 58.7 Å². The molecule has 0 N–H and O–H groups in total. The molecule has 166 valence electrons. The number of aryl methyl sites for hydroxylation is 1. The van der Waals surface area contributed by atoms with Crippen molar-refractivity contribution in [1.29, 1.82) is 0 Å². The number of nitrogens with zero attached hydrogens (tertiary/aromatic N) is 4. The smallest absolute Gasteiger partial charge is 0.244 e. The molecule has 2 aliphatic rings. The third kappa shape index (κ3) is 3.85. The van der Waals surface area contributed by atoms with Crippen LogP contribution in [0.5, 0.6) is 0 Å². The molecule has 0 atom stereocenters. The Balaban J connectivity index is 1.27. The van der Waals surface area contributed by atoms with E-state index in [2.05, 4.69) is 21.4 Å². The Kier molecular flexibility index (Phi) is 5.56. The van der Waals surface area contributed by atoms with Crippen LogP contribution in [0.1, 0.15) is 23.4 Å². The van der Waals surface area contributed by atoms with Gasteiger partial charge in [-0.15, -0.1) is 11.3 Å². The number of amides is 1. The molecule has 1 aromatic carbocycles. The number of carbonyl (C=O) groups is 1. The SMILES string of the molecule is Cc1nc(-c2ccc3c(c2)CCN3C(=O)C2CCN(S(=O)(=O)c3cccnc3)CC2)cs1. The first-order chi connectivity index (χ1) is 15.4. The van der Waals surface area contributed by atoms with Gasteiger partial charge in [-0.2, -0.15) is 4.31 Å². The number of fused-ring (bicyclic) bond motifs is 1. The number of thiazole rings is 1. The molecule has 3 aromatic rings. The Morgan fingerprint density at radius 3 is 2.66 bits per heavy atom. The number of hydrogen-bond donors (Lipinski definition) is 0. The summed E-state index contributed by atoms with van der Waals surface area (Å²) in [6.45, 7) is 3.35. The van der Waals surface area contributed by atoms with E-state index in [9.17, 15) is 13.2 Å². The molecule has 5 rings (SSSR count). The zero-order chi connectivity index (χ0) is 22.3. The van der Waals surface area contributed by atoms with Crippen molar-refractivity contribution in [2.75, 3.05) is 24.5 Å². The standard InChI is InChI=1S/C23H24N4O3S2/c1-16-25-21(15-31-16)18-4-5-22-19(13-18)8-12-27(22)23(28)17-6-10-26(11-7-17)32(29,30)20-3-2-9-24-14-20/h2-5,9,13-15,17H,6-8,10-12H2,1H3. The molecule has 0 unspecified atom stereocenters. The molecule has 7 nitrogen and oxygen atoms in total. The second-order valence-corrected chi connectivity index (χ2v) is 11.2. The number of hydrogen-bond acceptors (Lipinski definition) is 6. The fraction of sp³-hybridized carbons (Fsp3) is 0.348. The average molecular weight is 469 g/mol. The first kappa shape index (κ1) is 21.2. The van der Waals surface area contributed by atoms with Gasteiger partial charge in [0.15, 0.2) is 0 Å². The van der Waals surface area contributed by atoms with Crippen LogP contribution in [-0.4, -0.2) is 48.2 Å². The first-order valence-electron chi connectivity index (χ1n) is 10.7. The fourth-order valence-electron chi connectivity index (χ4n) is 4.50. The summed E-state index contributed by atoms with van der Waals surface area (Å²) >= 11 is 1.63. The van der Waals surface area contributed by atoms with Gasteiger partial charge in [-0.25, -0.2) is 13.4 Å². The van der Waals surface area contributed by atoms with E-state index in [1.165, 1.54) is 10.5 Å². The predicted molar refractivity (Wildman–Crippen MR) is 124 cm³/mol. The number of benzene rings is 1. The minimum Gasteiger partial charge on any atom is -0.312 e. The second kappa shape index (κ2) is 8.38. The highest BCUT2D eigenvalue weighted by molar-refractivity contribution is 7.89. The summed E-state index contributed by atoms with van der Waals surface area (Å²) in [6, 6.07) is 9.37. The topological polar surface area (TPSA) is 83.5 Å². The summed E-state index contributed by atoms with van der Waals surface area (Å²) in [6.07, 6.45) is 4.81. The molecule has 2 aliphatic heterocycles. The number of pyridine rings is 1. The minimum absolute atomic E-state index is 0.0967. The Morgan fingerprint density at radius 1 is 1.16 bits per heavy atom. The van der Waals surface area contributed by atoms with E-state index in [1.807, 2.05) is 24.0 Å². The molecular formula is C23H24N4O3S2. The lowest BCUT2D eigenvalue weighted by Gasteiger charge is -2.32. The van der Waals surface area contributed by atoms with Crippen LogP contribution in [0.4, 0.5) is 5.69 Å². The summed E-state index contributed by atoms with van der Waals surface area (Å²) in [5, 5.41) is 3.09. The van der Waals surface area contributed by atoms with Gasteiger partial charge < -0.3 is 4.90 Å². The third-order valence-electron chi connectivity index (χ3n) is 6.23. The Morgan fingerprint density at radius 2 is 1.97 bits per heavy atom. The van der Waals surface area contributed by atoms with Gasteiger partial charge in [-0.3, -0.25) is 9.78 Å². The van der Waals surface area contributed by atoms with Gasteiger partial charge in [0, 0.05) is 54.6 Å². The predicted octanol–water partition coefficient (Wildman–Crippen LogP) is 3.50. The van der Waals surface area contributed by atoms with Gasteiger partial charge in [-0.1, -0.05) is 6.07 Å². The van der Waals surface area contributed by atoms with Crippen molar-refractivity contribution < 1.29 is 13.2 Å². The average Bonchev–Trinajstić information content (AvgIpc) is 3.45. The Bertz CT molecular complexity index is 1250. The van der Waals surface area contributed by atoms with Gasteiger partial charge in [-0.05, 0) is 56.0 Å². The molecule has 2 aromatic heterocycles. The van der Waals surface area contributed by atoms with Crippen molar-refractivity contribution in [1.82, 2.24) is 14.3 Å². The van der Waals surface area contributed by atoms with E-state index >= 15 is 0 Å². The number of piperidine rings is 1. The molecule has 1 fully saturated rings. The number of aromatic nitrogens is 2. The van der Waals surface area contributed by atoms with Crippen molar-refractivity contribution in [3.63, 3.8) is 0 Å². The van der Waals surface area contributed by atoms with E-state index in [0.29, 0.717) is 32.5 Å². The second-order valence-electron chi connectivity index (χ2n) is 8.20. The van der Waals surface area contributed by atoms with Crippen LogP contribution in [0.15, 0.2) is 53.0 Å². The lowest BCUT2D eigenvalue weighted by atomic mass is 9.96. The van der Waals surface area contributed by atoms with Crippen molar-refractivity contribution in [2.45, 2.75) is 31.1 Å². The lowest BCUT2D eigenvalue weighted by Crippen LogP contribution is -2.44. The van der Waals surface area contributed by atoms with Crippen molar-refractivity contribution in [2.24, 2.45) is 5.92 Å². The van der Waals surface area contributed by atoms with Gasteiger partial charge in [0.1, 0.15) is 4.90 Å². The lowest BCUT2D eigenvalue weighted by molar-refractivity contribution is -0.123. The number of rotatable bonds is 4. The monoisotopic (exact) mass is 468 g/mol. The van der Waals surface area contributed by atoms with Crippen molar-refractivity contribution in [3.8, 4) is 11.3 Å². The summed E-state index contributed by atoms with van der Waals surface area (Å²) in [5.41, 5.74) is 4.19. The fourth-order valence-corrected chi connectivity index (χ4v) is 6.55. The largest absolute Gasteiger partial charge is 0.312 e. The first-order valence-corrected chi connectivity index (χ1v) is 13.0. The quantitative estimate of drug-likeness (QED) is 0.585. The maximum absolute atomic E-state index is 13.3. The minimum atomic E-state index is -3.57. The van der Waals surface area contributed by atoms with Crippen LogP contribution in [0.25, 0.3) is 11.3 Å². The van der Waals surface area contributed by atoms with Crippen LogP contribution >= 0.6 is 11.3 Å². The van der Waals surface area contributed by atoms with Gasteiger partial charge in [0.2, 0.25) is 15.9 Å². The van der Waals surface area contributed by atoms with Crippen molar-refractivity contribution >= 4 is 33.0 Å². The van der Waals surface area contributed by atoms with Gasteiger partial charge in [0.25, 0.3) is 0 Å². The molecule has 1 amide bonds. The van der Waals surface area contributed by atoms with Gasteiger partial charge >= 0.3 is 0 Å². The highest BCUT2D eigenvalue weighted by Gasteiger charge is 2.36. The highest BCUT2D eigenvalue weighted by atomic mass is 32.2. The summed E-state index contributed by atoms with van der Waals surface area (Å²) < 4.78 is 27.1. The molecule has 32 heavy (non-hydrogen) atoms. The van der Waals surface area contributed by atoms with Crippen LogP contribution in [0.3, 0.4) is 0 Å². The maximum atomic E-state index is 13.3. The summed E-state index contributed by atoms with van der Waals surface area (Å²) in [5.74, 6) is -0.0680. The molecular weight excluding hydrogens is 444 g/mol. The van der Waals surface area contributed by atoms with Crippen LogP contribution in [0.2, 0.25) is 0 Å². The van der Waals surface area contributed by atoms with Crippen LogP contribution < -0.4 is 4.90 Å². The molecule has 4 heterocycles. The molecule has 1 saturated heterocycles. The van der Waals surface area contributed by atoms with E-state index in [1.54, 1.807) is 29.7 Å². The van der Waals surface area contributed by atoms with E-state index in [0.717, 1.165) is 33.9 Å². The molecule has 0 bridgehead atoms. The van der Waals surface area contributed by atoms with Gasteiger partial charge in [0.05, 0.1) is 10.7 Å². The van der Waals surface area contributed by atoms with E-state index in [-0.39, 0.29) is 16.7 Å². The highest BCUT2D eigenvalue weighted by Crippen LogP contribution is 2.35. The summed E-state index contributed by atoms with van der Waals surface area (Å²) in [7, 11) is -3.57. The number of carbonyl (C=O) groups excluding carboxylic acids is 1. The maximum Gasteiger partial charge on any atom is 0.244 e. The normalized spacial score (nSPS) is 17.5. The van der Waals surface area contributed by atoms with E-state index < -0.39 is 10.0 Å². The third-order valence-corrected chi connectivity index (χ3v) is 8.89. The Labute approximate surface area is 191 Å². The molecule has 9 heteroatoms. The molecule has 0 saturated carbocycles. The molecule has 0 aliphatic carbocycles. The molecule has 0 radical (unpaired) electrons. The summed E-state index contributed by atoms with van der Waals surface area (Å²) in [4.78, 5) is 23.8.